The van der Waals surface area contributed by atoms with Gasteiger partial charge in [-0.3, -0.25) is 4.79 Å². The Labute approximate surface area is 149 Å². The van der Waals surface area contributed by atoms with Crippen molar-refractivity contribution in [1.29, 1.82) is 0 Å². The maximum absolute atomic E-state index is 12.4. The van der Waals surface area contributed by atoms with Crippen molar-refractivity contribution in [3.63, 3.8) is 0 Å². The molecule has 0 unspecified atom stereocenters. The fraction of sp³-hybridized carbons (Fsp3) is 0.950. The molecule has 0 atom stereocenters. The van der Waals surface area contributed by atoms with E-state index in [9.17, 15) is 4.79 Å². The zero-order valence-corrected chi connectivity index (χ0v) is 17.5. The molecule has 2 N–H and O–H groups in total. The summed E-state index contributed by atoms with van der Waals surface area (Å²) in [5.74, 6) is -0.191. The number of carbonyl (C=O) groups excluding carboxylic acids is 1. The van der Waals surface area contributed by atoms with Gasteiger partial charge in [0.15, 0.2) is 0 Å². The van der Waals surface area contributed by atoms with Crippen LogP contribution in [0.1, 0.15) is 88.0 Å². The van der Waals surface area contributed by atoms with E-state index in [4.69, 9.17) is 15.2 Å². The van der Waals surface area contributed by atoms with Crippen LogP contribution in [0.4, 0.5) is 0 Å². The quantitative estimate of drug-likeness (QED) is 0.553. The number of rotatable bonds is 11. The van der Waals surface area contributed by atoms with Gasteiger partial charge < -0.3 is 15.2 Å². The zero-order chi connectivity index (χ0) is 19.2. The summed E-state index contributed by atoms with van der Waals surface area (Å²) < 4.78 is 11.9. The van der Waals surface area contributed by atoms with E-state index in [0.717, 1.165) is 12.8 Å². The first-order chi connectivity index (χ1) is 10.7. The molecular weight excluding hydrogens is 302 g/mol. The third-order valence-electron chi connectivity index (χ3n) is 5.36. The number of hydrogen-bond donors (Lipinski definition) is 1. The predicted octanol–water partition coefficient (Wildman–Crippen LogP) is 4.69. The number of hydrogen-bond acceptors (Lipinski definition) is 4. The van der Waals surface area contributed by atoms with Crippen molar-refractivity contribution in [2.45, 2.75) is 99.2 Å². The van der Waals surface area contributed by atoms with Crippen LogP contribution < -0.4 is 5.73 Å². The number of esters is 1. The highest BCUT2D eigenvalue weighted by molar-refractivity contribution is 5.76. The second kappa shape index (κ2) is 8.66. The van der Waals surface area contributed by atoms with Crippen LogP contribution in [0.3, 0.4) is 0 Å². The van der Waals surface area contributed by atoms with Crippen LogP contribution in [0.5, 0.6) is 0 Å². The molecule has 0 aliphatic heterocycles. The Morgan fingerprint density at radius 3 is 1.92 bits per heavy atom. The molecule has 0 aliphatic carbocycles. The van der Waals surface area contributed by atoms with Gasteiger partial charge in [-0.2, -0.15) is 0 Å². The lowest BCUT2D eigenvalue weighted by molar-refractivity contribution is -0.171. The number of ether oxygens (including phenoxy) is 2. The summed E-state index contributed by atoms with van der Waals surface area (Å²) in [7, 11) is 0. The van der Waals surface area contributed by atoms with Crippen molar-refractivity contribution < 1.29 is 14.3 Å². The molecule has 0 aromatic rings. The first-order valence-electron chi connectivity index (χ1n) is 9.28. The normalized spacial score (nSPS) is 13.9. The number of carbonyl (C=O) groups is 1. The Morgan fingerprint density at radius 2 is 1.46 bits per heavy atom. The van der Waals surface area contributed by atoms with Crippen molar-refractivity contribution in [2.75, 3.05) is 13.2 Å². The summed E-state index contributed by atoms with van der Waals surface area (Å²) in [6.45, 7) is 19.7. The van der Waals surface area contributed by atoms with Crippen molar-refractivity contribution in [3.8, 4) is 0 Å². The van der Waals surface area contributed by atoms with Gasteiger partial charge in [-0.15, -0.1) is 0 Å². The second-order valence-corrected chi connectivity index (χ2v) is 9.31. The largest absolute Gasteiger partial charge is 0.459 e. The second-order valence-electron chi connectivity index (χ2n) is 9.31. The van der Waals surface area contributed by atoms with Gasteiger partial charge in [-0.1, -0.05) is 27.2 Å². The van der Waals surface area contributed by atoms with E-state index in [1.54, 1.807) is 0 Å². The van der Waals surface area contributed by atoms with E-state index in [-0.39, 0.29) is 17.0 Å². The molecule has 4 heteroatoms. The fourth-order valence-electron chi connectivity index (χ4n) is 2.58. The maximum Gasteiger partial charge on any atom is 0.312 e. The topological polar surface area (TPSA) is 61.5 Å². The van der Waals surface area contributed by atoms with Crippen LogP contribution in [0.2, 0.25) is 0 Å². The van der Waals surface area contributed by atoms with Gasteiger partial charge in [0.2, 0.25) is 0 Å². The van der Waals surface area contributed by atoms with Crippen LogP contribution in [0.25, 0.3) is 0 Å². The molecule has 0 heterocycles. The molecule has 0 rings (SSSR count). The van der Waals surface area contributed by atoms with E-state index in [1.165, 1.54) is 0 Å². The molecule has 0 radical (unpaired) electrons. The molecule has 0 fully saturated rings. The highest BCUT2D eigenvalue weighted by atomic mass is 16.6. The molecule has 24 heavy (non-hydrogen) atoms. The SMILES string of the molecule is CCCC(C)(C)C(C)(C)OCCC(C)(C)OC(=O)C(C)(C)CCN. The molecule has 0 aliphatic rings. The summed E-state index contributed by atoms with van der Waals surface area (Å²) in [4.78, 5) is 12.4. The third kappa shape index (κ3) is 7.10. The lowest BCUT2D eigenvalue weighted by Gasteiger charge is -2.42. The van der Waals surface area contributed by atoms with Gasteiger partial charge >= 0.3 is 5.97 Å². The molecule has 0 saturated heterocycles. The van der Waals surface area contributed by atoms with Gasteiger partial charge in [0.05, 0.1) is 17.6 Å². The summed E-state index contributed by atoms with van der Waals surface area (Å²) >= 11 is 0. The molecular formula is C20H41NO3. The summed E-state index contributed by atoms with van der Waals surface area (Å²) in [5.41, 5.74) is 4.37. The van der Waals surface area contributed by atoms with Crippen LogP contribution in [-0.4, -0.2) is 30.3 Å². The molecule has 0 saturated carbocycles. The lowest BCUT2D eigenvalue weighted by atomic mass is 9.74. The lowest BCUT2D eigenvalue weighted by Crippen LogP contribution is -2.43. The minimum Gasteiger partial charge on any atom is -0.459 e. The molecule has 0 spiro atoms. The van der Waals surface area contributed by atoms with Gasteiger partial charge in [0.1, 0.15) is 5.60 Å². The Kier molecular flexibility index (Phi) is 8.44. The van der Waals surface area contributed by atoms with Gasteiger partial charge in [-0.05, 0) is 66.3 Å². The summed E-state index contributed by atoms with van der Waals surface area (Å²) in [6, 6.07) is 0. The van der Waals surface area contributed by atoms with Gasteiger partial charge in [0.25, 0.3) is 0 Å². The standard InChI is InChI=1S/C20H41NO3/c1-10-11-18(4,5)20(8,9)23-15-13-19(6,7)24-16(22)17(2,3)12-14-21/h10-15,21H2,1-9H3. The molecule has 0 aromatic carbocycles. The van der Waals surface area contributed by atoms with Crippen LogP contribution in [0.15, 0.2) is 0 Å². The minimum absolute atomic E-state index is 0.103. The summed E-state index contributed by atoms with van der Waals surface area (Å²) in [6.07, 6.45) is 3.55. The van der Waals surface area contributed by atoms with Gasteiger partial charge in [-0.25, -0.2) is 0 Å². The Bertz CT molecular complexity index is 398. The molecule has 0 amide bonds. The smallest absolute Gasteiger partial charge is 0.312 e. The first kappa shape index (κ1) is 23.4. The zero-order valence-electron chi connectivity index (χ0n) is 17.5. The average Bonchev–Trinajstić information content (AvgIpc) is 2.36. The van der Waals surface area contributed by atoms with Gasteiger partial charge in [0, 0.05) is 6.42 Å². The van der Waals surface area contributed by atoms with Crippen molar-refractivity contribution in [3.05, 3.63) is 0 Å². The van der Waals surface area contributed by atoms with Crippen molar-refractivity contribution in [2.24, 2.45) is 16.6 Å². The maximum atomic E-state index is 12.4. The monoisotopic (exact) mass is 343 g/mol. The Hall–Kier alpha value is -0.610. The van der Waals surface area contributed by atoms with E-state index in [1.807, 2.05) is 27.7 Å². The highest BCUT2D eigenvalue weighted by Crippen LogP contribution is 2.38. The van der Waals surface area contributed by atoms with E-state index >= 15 is 0 Å². The summed E-state index contributed by atoms with van der Waals surface area (Å²) in [5, 5.41) is 0. The van der Waals surface area contributed by atoms with Crippen LogP contribution >= 0.6 is 0 Å². The highest BCUT2D eigenvalue weighted by Gasteiger charge is 2.38. The first-order valence-corrected chi connectivity index (χ1v) is 9.28. The van der Waals surface area contributed by atoms with Crippen molar-refractivity contribution in [1.82, 2.24) is 0 Å². The average molecular weight is 344 g/mol. The Balaban J connectivity index is 4.61. The number of nitrogens with two attached hydrogens (primary N) is 1. The van der Waals surface area contributed by atoms with Crippen LogP contribution in [-0.2, 0) is 14.3 Å². The molecule has 0 bridgehead atoms. The third-order valence-corrected chi connectivity index (χ3v) is 5.36. The Morgan fingerprint density at radius 1 is 0.917 bits per heavy atom. The molecule has 144 valence electrons. The van der Waals surface area contributed by atoms with E-state index in [2.05, 4.69) is 34.6 Å². The fourth-order valence-corrected chi connectivity index (χ4v) is 2.58. The van der Waals surface area contributed by atoms with E-state index < -0.39 is 11.0 Å². The molecule has 0 aromatic heterocycles. The predicted molar refractivity (Wildman–Crippen MR) is 101 cm³/mol. The van der Waals surface area contributed by atoms with E-state index in [0.29, 0.717) is 26.0 Å². The molecule has 4 nitrogen and oxygen atoms in total. The van der Waals surface area contributed by atoms with Crippen LogP contribution in [0, 0.1) is 10.8 Å². The van der Waals surface area contributed by atoms with Crippen molar-refractivity contribution >= 4 is 5.97 Å². The minimum atomic E-state index is -0.548.